The van der Waals surface area contributed by atoms with Crippen molar-refractivity contribution in [1.82, 2.24) is 20.5 Å². The first-order valence-corrected chi connectivity index (χ1v) is 9.60. The maximum atomic E-state index is 12.7. The number of nitrogens with zero attached hydrogens (tertiary/aromatic N) is 2. The lowest BCUT2D eigenvalue weighted by Crippen LogP contribution is -2.51. The van der Waals surface area contributed by atoms with Gasteiger partial charge < -0.3 is 25.0 Å². The van der Waals surface area contributed by atoms with E-state index in [4.69, 9.17) is 9.47 Å². The summed E-state index contributed by atoms with van der Waals surface area (Å²) in [5.74, 6) is 0.232. The summed E-state index contributed by atoms with van der Waals surface area (Å²) in [6.07, 6.45) is 2.24. The lowest BCUT2D eigenvalue weighted by atomic mass is 9.88. The van der Waals surface area contributed by atoms with Crippen molar-refractivity contribution in [3.05, 3.63) is 23.9 Å². The van der Waals surface area contributed by atoms with Gasteiger partial charge in [0, 0.05) is 44.5 Å². The van der Waals surface area contributed by atoms with Crippen LogP contribution >= 0.6 is 0 Å². The van der Waals surface area contributed by atoms with Gasteiger partial charge in [0.25, 0.3) is 0 Å². The number of amides is 2. The van der Waals surface area contributed by atoms with Gasteiger partial charge in [0.05, 0.1) is 31.7 Å². The Kier molecular flexibility index (Phi) is 7.00. The van der Waals surface area contributed by atoms with Crippen molar-refractivity contribution in [3.8, 4) is 5.88 Å². The molecule has 1 aromatic heterocycles. The van der Waals surface area contributed by atoms with Crippen LogP contribution in [0.25, 0.3) is 0 Å². The molecule has 148 valence electrons. The van der Waals surface area contributed by atoms with E-state index in [-0.39, 0.29) is 23.7 Å². The summed E-state index contributed by atoms with van der Waals surface area (Å²) >= 11 is 0. The Morgan fingerprint density at radius 3 is 2.89 bits per heavy atom. The van der Waals surface area contributed by atoms with Crippen molar-refractivity contribution in [2.45, 2.75) is 19.9 Å². The maximum Gasteiger partial charge on any atom is 0.227 e. The number of rotatable bonds is 6. The molecule has 0 unspecified atom stereocenters. The van der Waals surface area contributed by atoms with Crippen LogP contribution in [0.4, 0.5) is 0 Å². The highest BCUT2D eigenvalue weighted by Crippen LogP contribution is 2.20. The van der Waals surface area contributed by atoms with Gasteiger partial charge in [-0.25, -0.2) is 4.98 Å². The number of hydrogen-bond donors (Lipinski definition) is 2. The zero-order chi connectivity index (χ0) is 19.1. The van der Waals surface area contributed by atoms with Gasteiger partial charge in [-0.15, -0.1) is 0 Å². The van der Waals surface area contributed by atoms with Gasteiger partial charge in [0.15, 0.2) is 0 Å². The second kappa shape index (κ2) is 9.66. The van der Waals surface area contributed by atoms with E-state index in [1.165, 1.54) is 0 Å². The van der Waals surface area contributed by atoms with Gasteiger partial charge >= 0.3 is 0 Å². The van der Waals surface area contributed by atoms with E-state index >= 15 is 0 Å². The Balaban J connectivity index is 1.53. The molecule has 1 aromatic rings. The zero-order valence-electron chi connectivity index (χ0n) is 15.8. The molecule has 0 radical (unpaired) electrons. The van der Waals surface area contributed by atoms with Crippen LogP contribution in [0.5, 0.6) is 5.88 Å². The highest BCUT2D eigenvalue weighted by Gasteiger charge is 2.33. The van der Waals surface area contributed by atoms with Crippen LogP contribution in [0.1, 0.15) is 18.9 Å². The first kappa shape index (κ1) is 19.6. The third-order valence-electron chi connectivity index (χ3n) is 4.98. The molecule has 8 heteroatoms. The molecule has 27 heavy (non-hydrogen) atoms. The first-order chi connectivity index (χ1) is 13.2. The summed E-state index contributed by atoms with van der Waals surface area (Å²) in [6.45, 7) is 6.43. The van der Waals surface area contributed by atoms with Gasteiger partial charge in [-0.3, -0.25) is 9.59 Å². The van der Waals surface area contributed by atoms with Gasteiger partial charge in [-0.05, 0) is 19.4 Å². The molecule has 0 aromatic carbocycles. The summed E-state index contributed by atoms with van der Waals surface area (Å²) in [5.41, 5.74) is 0.845. The normalized spacial score (nSPS) is 22.9. The Hall–Kier alpha value is -2.19. The number of ether oxygens (including phenoxy) is 2. The average molecular weight is 376 g/mol. The Morgan fingerprint density at radius 1 is 1.33 bits per heavy atom. The van der Waals surface area contributed by atoms with Crippen LogP contribution in [0.15, 0.2) is 18.3 Å². The zero-order valence-corrected chi connectivity index (χ0v) is 15.8. The van der Waals surface area contributed by atoms with E-state index < -0.39 is 0 Å². The minimum Gasteiger partial charge on any atom is -0.478 e. The molecule has 2 fully saturated rings. The minimum atomic E-state index is -0.221. The Labute approximate surface area is 159 Å². The summed E-state index contributed by atoms with van der Waals surface area (Å²) in [4.78, 5) is 31.4. The van der Waals surface area contributed by atoms with Crippen LogP contribution in [-0.4, -0.2) is 67.7 Å². The van der Waals surface area contributed by atoms with Crippen molar-refractivity contribution < 1.29 is 19.1 Å². The number of nitrogens with one attached hydrogen (secondary N) is 2. The second-order valence-corrected chi connectivity index (χ2v) is 6.84. The molecule has 0 spiro atoms. The Morgan fingerprint density at radius 2 is 2.11 bits per heavy atom. The smallest absolute Gasteiger partial charge is 0.227 e. The van der Waals surface area contributed by atoms with Gasteiger partial charge in [0.2, 0.25) is 17.7 Å². The monoisotopic (exact) mass is 376 g/mol. The van der Waals surface area contributed by atoms with E-state index in [1.807, 2.05) is 24.0 Å². The van der Waals surface area contributed by atoms with E-state index in [0.717, 1.165) is 5.56 Å². The van der Waals surface area contributed by atoms with Gasteiger partial charge in [-0.2, -0.15) is 0 Å². The third kappa shape index (κ3) is 5.17. The number of carbonyl (C=O) groups is 2. The average Bonchev–Trinajstić information content (AvgIpc) is 2.73. The van der Waals surface area contributed by atoms with E-state index in [0.29, 0.717) is 64.8 Å². The quantitative estimate of drug-likeness (QED) is 0.736. The fourth-order valence-electron chi connectivity index (χ4n) is 3.52. The number of morpholine rings is 1. The predicted molar refractivity (Wildman–Crippen MR) is 99.1 cm³/mol. The molecule has 0 bridgehead atoms. The fourth-order valence-corrected chi connectivity index (χ4v) is 3.52. The van der Waals surface area contributed by atoms with Crippen LogP contribution < -0.4 is 15.4 Å². The third-order valence-corrected chi connectivity index (χ3v) is 4.98. The van der Waals surface area contributed by atoms with Crippen LogP contribution in [0, 0.1) is 11.8 Å². The van der Waals surface area contributed by atoms with Crippen molar-refractivity contribution in [2.24, 2.45) is 11.8 Å². The van der Waals surface area contributed by atoms with Crippen molar-refractivity contribution in [1.29, 1.82) is 0 Å². The van der Waals surface area contributed by atoms with Crippen LogP contribution in [-0.2, 0) is 20.9 Å². The molecule has 0 saturated carbocycles. The Bertz CT molecular complexity index is 648. The fraction of sp³-hybridized carbons (Fsp3) is 0.632. The van der Waals surface area contributed by atoms with Crippen LogP contribution in [0.2, 0.25) is 0 Å². The number of pyridine rings is 1. The lowest BCUT2D eigenvalue weighted by molar-refractivity contribution is -0.141. The molecule has 8 nitrogen and oxygen atoms in total. The number of piperidine rings is 1. The molecule has 2 aliphatic heterocycles. The summed E-state index contributed by atoms with van der Waals surface area (Å²) in [6, 6.07) is 3.71. The standard InChI is InChI=1S/C19H28N4O4/c1-2-27-18-14(4-3-5-21-18)13-22-17(24)15-10-16(12-20-11-15)19(25)23-6-8-26-9-7-23/h3-5,15-16,20H,2,6-13H2,1H3,(H,22,24)/t15-,16+/m0/s1. The molecular formula is C19H28N4O4. The van der Waals surface area contributed by atoms with E-state index in [2.05, 4.69) is 15.6 Å². The number of hydrogen-bond acceptors (Lipinski definition) is 6. The van der Waals surface area contributed by atoms with Gasteiger partial charge in [-0.1, -0.05) is 6.07 Å². The van der Waals surface area contributed by atoms with E-state index in [1.54, 1.807) is 6.20 Å². The molecular weight excluding hydrogens is 348 g/mol. The maximum absolute atomic E-state index is 12.7. The lowest BCUT2D eigenvalue weighted by Gasteiger charge is -2.34. The summed E-state index contributed by atoms with van der Waals surface area (Å²) < 4.78 is 10.8. The molecule has 3 rings (SSSR count). The highest BCUT2D eigenvalue weighted by molar-refractivity contribution is 5.83. The predicted octanol–water partition coefficient (Wildman–Crippen LogP) is 0.181. The largest absolute Gasteiger partial charge is 0.478 e. The van der Waals surface area contributed by atoms with Crippen LogP contribution in [0.3, 0.4) is 0 Å². The molecule has 2 aliphatic rings. The van der Waals surface area contributed by atoms with Gasteiger partial charge in [0.1, 0.15) is 0 Å². The summed E-state index contributed by atoms with van der Waals surface area (Å²) in [5, 5.41) is 6.20. The molecule has 2 atom stereocenters. The summed E-state index contributed by atoms with van der Waals surface area (Å²) in [7, 11) is 0. The van der Waals surface area contributed by atoms with Crippen molar-refractivity contribution in [2.75, 3.05) is 46.0 Å². The molecule has 2 N–H and O–H groups in total. The first-order valence-electron chi connectivity index (χ1n) is 9.60. The topological polar surface area (TPSA) is 92.8 Å². The van der Waals surface area contributed by atoms with E-state index in [9.17, 15) is 9.59 Å². The highest BCUT2D eigenvalue weighted by atomic mass is 16.5. The molecule has 3 heterocycles. The van der Waals surface area contributed by atoms with Crippen molar-refractivity contribution in [3.63, 3.8) is 0 Å². The van der Waals surface area contributed by atoms with Crippen molar-refractivity contribution >= 4 is 11.8 Å². The SMILES string of the molecule is CCOc1ncccc1CNC(=O)[C@@H]1CNC[C@H](C(=O)N2CCOCC2)C1. The number of carbonyl (C=O) groups excluding carboxylic acids is 2. The molecule has 2 amide bonds. The number of aromatic nitrogens is 1. The second-order valence-electron chi connectivity index (χ2n) is 6.84. The minimum absolute atomic E-state index is 0.0479. The molecule has 2 saturated heterocycles. The molecule has 0 aliphatic carbocycles.